The Kier molecular flexibility index (Phi) is 5.31. The summed E-state index contributed by atoms with van der Waals surface area (Å²) >= 11 is 9.28. The predicted molar refractivity (Wildman–Crippen MR) is 79.8 cm³/mol. The summed E-state index contributed by atoms with van der Waals surface area (Å²) in [6, 6.07) is 9.48. The summed E-state index contributed by atoms with van der Waals surface area (Å²) in [4.78, 5) is 0. The lowest BCUT2D eigenvalue weighted by Crippen LogP contribution is -2.24. The third-order valence-corrected chi connectivity index (χ3v) is 3.53. The van der Waals surface area contributed by atoms with Gasteiger partial charge in [0.1, 0.15) is 18.1 Å². The minimum atomic E-state index is 0.173. The van der Waals surface area contributed by atoms with Crippen LogP contribution in [0.3, 0.4) is 0 Å². The Hall–Kier alpha value is -0.970. The quantitative estimate of drug-likeness (QED) is 0.787. The Morgan fingerprint density at radius 3 is 2.95 bits per heavy atom. The topological polar surface area (TPSA) is 34.4 Å². The first kappa shape index (κ1) is 14.4. The van der Waals surface area contributed by atoms with Gasteiger partial charge in [-0.1, -0.05) is 11.6 Å². The van der Waals surface area contributed by atoms with E-state index in [-0.39, 0.29) is 6.04 Å². The lowest BCUT2D eigenvalue weighted by Gasteiger charge is -2.12. The van der Waals surface area contributed by atoms with Crippen molar-refractivity contribution in [2.45, 2.75) is 13.0 Å². The van der Waals surface area contributed by atoms with Gasteiger partial charge in [-0.25, -0.2) is 0 Å². The zero-order valence-corrected chi connectivity index (χ0v) is 12.9. The molecule has 0 aliphatic carbocycles. The minimum absolute atomic E-state index is 0.173. The Morgan fingerprint density at radius 2 is 2.26 bits per heavy atom. The molecule has 3 nitrogen and oxygen atoms in total. The maximum Gasteiger partial charge on any atom is 0.133 e. The third-order valence-electron chi connectivity index (χ3n) is 2.67. The summed E-state index contributed by atoms with van der Waals surface area (Å²) in [6.45, 7) is 3.36. The van der Waals surface area contributed by atoms with Gasteiger partial charge in [0.2, 0.25) is 0 Å². The molecule has 0 aliphatic heterocycles. The van der Waals surface area contributed by atoms with E-state index in [0.29, 0.717) is 11.6 Å². The first-order valence-corrected chi connectivity index (χ1v) is 7.18. The molecule has 2 aromatic rings. The van der Waals surface area contributed by atoms with Crippen LogP contribution in [0.15, 0.2) is 45.5 Å². The van der Waals surface area contributed by atoms with Crippen LogP contribution in [0.5, 0.6) is 5.75 Å². The van der Waals surface area contributed by atoms with Crippen molar-refractivity contribution in [1.82, 2.24) is 5.32 Å². The SMILES string of the molecule is CC(NCCOc1ccc(Cl)cc1Br)c1ccco1. The van der Waals surface area contributed by atoms with Gasteiger partial charge in [-0.3, -0.25) is 0 Å². The van der Waals surface area contributed by atoms with Crippen molar-refractivity contribution in [3.05, 3.63) is 51.9 Å². The molecule has 0 bridgehead atoms. The first-order chi connectivity index (χ1) is 9.16. The van der Waals surface area contributed by atoms with Gasteiger partial charge in [0.25, 0.3) is 0 Å². The van der Waals surface area contributed by atoms with Gasteiger partial charge in [-0.05, 0) is 53.2 Å². The summed E-state index contributed by atoms with van der Waals surface area (Å²) in [5.41, 5.74) is 0. The standard InChI is InChI=1S/C14H15BrClNO2/c1-10(13-3-2-7-18-13)17-6-8-19-14-5-4-11(16)9-12(14)15/h2-5,7,9-10,17H,6,8H2,1H3. The molecule has 19 heavy (non-hydrogen) atoms. The fourth-order valence-corrected chi connectivity index (χ4v) is 2.46. The van der Waals surface area contributed by atoms with Crippen LogP contribution in [-0.2, 0) is 0 Å². The van der Waals surface area contributed by atoms with Gasteiger partial charge in [-0.15, -0.1) is 0 Å². The van der Waals surface area contributed by atoms with E-state index in [1.165, 1.54) is 0 Å². The van der Waals surface area contributed by atoms with Crippen molar-refractivity contribution >= 4 is 27.5 Å². The molecule has 0 fully saturated rings. The van der Waals surface area contributed by atoms with Gasteiger partial charge in [0.05, 0.1) is 16.8 Å². The molecule has 0 aliphatic rings. The molecule has 0 saturated heterocycles. The molecule has 1 atom stereocenters. The van der Waals surface area contributed by atoms with E-state index in [9.17, 15) is 0 Å². The second-order valence-electron chi connectivity index (χ2n) is 4.11. The third kappa shape index (κ3) is 4.27. The largest absolute Gasteiger partial charge is 0.491 e. The van der Waals surface area contributed by atoms with Crippen molar-refractivity contribution in [2.75, 3.05) is 13.2 Å². The van der Waals surface area contributed by atoms with Crippen LogP contribution in [0.1, 0.15) is 18.7 Å². The number of nitrogens with one attached hydrogen (secondary N) is 1. The summed E-state index contributed by atoms with van der Waals surface area (Å²) in [6.07, 6.45) is 1.68. The van der Waals surface area contributed by atoms with E-state index in [0.717, 1.165) is 22.5 Å². The van der Waals surface area contributed by atoms with Crippen LogP contribution in [0.4, 0.5) is 0 Å². The lowest BCUT2D eigenvalue weighted by atomic mass is 10.2. The highest BCUT2D eigenvalue weighted by Crippen LogP contribution is 2.27. The van der Waals surface area contributed by atoms with Gasteiger partial charge >= 0.3 is 0 Å². The monoisotopic (exact) mass is 343 g/mol. The Balaban J connectivity index is 1.75. The summed E-state index contributed by atoms with van der Waals surface area (Å²) in [5, 5.41) is 4.01. The molecule has 0 amide bonds. The van der Waals surface area contributed by atoms with Crippen LogP contribution in [0.25, 0.3) is 0 Å². The molecule has 1 aromatic heterocycles. The number of hydrogen-bond acceptors (Lipinski definition) is 3. The fraction of sp³-hybridized carbons (Fsp3) is 0.286. The van der Waals surface area contributed by atoms with E-state index < -0.39 is 0 Å². The molecular formula is C14H15BrClNO2. The van der Waals surface area contributed by atoms with E-state index in [4.69, 9.17) is 20.8 Å². The number of rotatable bonds is 6. The Morgan fingerprint density at radius 1 is 1.42 bits per heavy atom. The highest BCUT2D eigenvalue weighted by molar-refractivity contribution is 9.10. The van der Waals surface area contributed by atoms with Crippen molar-refractivity contribution in [3.8, 4) is 5.75 Å². The number of halogens is 2. The zero-order chi connectivity index (χ0) is 13.7. The molecule has 102 valence electrons. The van der Waals surface area contributed by atoms with Crippen molar-refractivity contribution in [3.63, 3.8) is 0 Å². The average molecular weight is 345 g/mol. The van der Waals surface area contributed by atoms with Crippen LogP contribution < -0.4 is 10.1 Å². The molecule has 0 radical (unpaired) electrons. The molecule has 0 saturated carbocycles. The second-order valence-corrected chi connectivity index (χ2v) is 5.41. The highest BCUT2D eigenvalue weighted by Gasteiger charge is 2.07. The number of furan rings is 1. The molecule has 1 heterocycles. The van der Waals surface area contributed by atoms with Gasteiger partial charge in [0, 0.05) is 11.6 Å². The zero-order valence-electron chi connectivity index (χ0n) is 10.5. The molecule has 1 unspecified atom stereocenters. The molecule has 0 spiro atoms. The van der Waals surface area contributed by atoms with E-state index in [2.05, 4.69) is 28.2 Å². The van der Waals surface area contributed by atoms with E-state index >= 15 is 0 Å². The number of hydrogen-bond donors (Lipinski definition) is 1. The predicted octanol–water partition coefficient (Wildman–Crippen LogP) is 4.43. The van der Waals surface area contributed by atoms with Gasteiger partial charge in [-0.2, -0.15) is 0 Å². The second kappa shape index (κ2) is 6.98. The average Bonchev–Trinajstić information content (AvgIpc) is 2.90. The molecule has 2 rings (SSSR count). The lowest BCUT2D eigenvalue weighted by molar-refractivity contribution is 0.300. The number of ether oxygens (including phenoxy) is 1. The normalized spacial score (nSPS) is 12.4. The van der Waals surface area contributed by atoms with Crippen LogP contribution >= 0.6 is 27.5 Å². The van der Waals surface area contributed by atoms with Gasteiger partial charge in [0.15, 0.2) is 0 Å². The Labute approximate surface area is 126 Å². The Bertz CT molecular complexity index is 516. The number of benzene rings is 1. The van der Waals surface area contributed by atoms with Crippen LogP contribution in [0.2, 0.25) is 5.02 Å². The summed E-state index contributed by atoms with van der Waals surface area (Å²) < 4.78 is 11.8. The fourth-order valence-electron chi connectivity index (χ4n) is 1.67. The molecule has 1 aromatic carbocycles. The van der Waals surface area contributed by atoms with E-state index in [1.54, 1.807) is 12.3 Å². The first-order valence-electron chi connectivity index (χ1n) is 6.01. The van der Waals surface area contributed by atoms with Crippen molar-refractivity contribution < 1.29 is 9.15 Å². The van der Waals surface area contributed by atoms with Crippen LogP contribution in [-0.4, -0.2) is 13.2 Å². The summed E-state index contributed by atoms with van der Waals surface area (Å²) in [5.74, 6) is 1.71. The van der Waals surface area contributed by atoms with Crippen LogP contribution in [0, 0.1) is 0 Å². The minimum Gasteiger partial charge on any atom is -0.491 e. The maximum atomic E-state index is 5.87. The summed E-state index contributed by atoms with van der Waals surface area (Å²) in [7, 11) is 0. The molecular weight excluding hydrogens is 330 g/mol. The molecule has 5 heteroatoms. The highest BCUT2D eigenvalue weighted by atomic mass is 79.9. The maximum absolute atomic E-state index is 5.87. The van der Waals surface area contributed by atoms with Gasteiger partial charge < -0.3 is 14.5 Å². The van der Waals surface area contributed by atoms with E-state index in [1.807, 2.05) is 24.3 Å². The van der Waals surface area contributed by atoms with Crippen molar-refractivity contribution in [1.29, 1.82) is 0 Å². The molecule has 1 N–H and O–H groups in total. The smallest absolute Gasteiger partial charge is 0.133 e. The van der Waals surface area contributed by atoms with Crippen molar-refractivity contribution in [2.24, 2.45) is 0 Å².